The van der Waals surface area contributed by atoms with Gasteiger partial charge in [0.1, 0.15) is 0 Å². The first-order chi connectivity index (χ1) is 4.43. The first-order valence-electron chi connectivity index (χ1n) is 3.03. The summed E-state index contributed by atoms with van der Waals surface area (Å²) in [5, 5.41) is 0. The molecule has 1 rings (SSSR count). The van der Waals surface area contributed by atoms with Gasteiger partial charge in [0.15, 0.2) is 0 Å². The summed E-state index contributed by atoms with van der Waals surface area (Å²) in [4.78, 5) is 1.33. The molecule has 1 aromatic rings. The fourth-order valence-corrected chi connectivity index (χ4v) is 1.26. The number of aryl methyl sites for hydroxylation is 1. The van der Waals surface area contributed by atoms with Gasteiger partial charge in [0.05, 0.1) is 0 Å². The van der Waals surface area contributed by atoms with Crippen molar-refractivity contribution in [3.05, 3.63) is 17.1 Å². The van der Waals surface area contributed by atoms with Crippen molar-refractivity contribution in [2.75, 3.05) is 6.54 Å². The molecule has 0 atom stereocenters. The fraction of sp³-hybridized carbons (Fsp3) is 0.500. The van der Waals surface area contributed by atoms with Crippen LogP contribution >= 0.6 is 11.5 Å². The maximum atomic E-state index is 5.33. The highest BCUT2D eigenvalue weighted by atomic mass is 32.1. The van der Waals surface area contributed by atoms with Crippen molar-refractivity contribution >= 4 is 11.5 Å². The van der Waals surface area contributed by atoms with Crippen molar-refractivity contribution in [2.24, 2.45) is 5.73 Å². The van der Waals surface area contributed by atoms with Crippen molar-refractivity contribution < 1.29 is 0 Å². The number of aromatic nitrogens is 1. The van der Waals surface area contributed by atoms with Gasteiger partial charge in [0.25, 0.3) is 0 Å². The van der Waals surface area contributed by atoms with Gasteiger partial charge in [-0.25, -0.2) is 4.37 Å². The second kappa shape index (κ2) is 3.58. The van der Waals surface area contributed by atoms with Crippen LogP contribution in [0.3, 0.4) is 0 Å². The summed E-state index contributed by atoms with van der Waals surface area (Å²) in [6, 6.07) is 2.04. The summed E-state index contributed by atoms with van der Waals surface area (Å²) in [5.74, 6) is 0. The molecule has 1 aromatic heterocycles. The van der Waals surface area contributed by atoms with E-state index in [4.69, 9.17) is 5.73 Å². The first kappa shape index (κ1) is 6.71. The molecule has 0 saturated carbocycles. The summed E-state index contributed by atoms with van der Waals surface area (Å²) in [5.41, 5.74) is 5.33. The molecule has 0 aliphatic heterocycles. The van der Waals surface area contributed by atoms with E-state index in [1.54, 1.807) is 11.5 Å². The Kier molecular flexibility index (Phi) is 2.67. The van der Waals surface area contributed by atoms with E-state index in [1.807, 2.05) is 12.3 Å². The van der Waals surface area contributed by atoms with E-state index in [9.17, 15) is 0 Å². The monoisotopic (exact) mass is 142 g/mol. The lowest BCUT2D eigenvalue weighted by Crippen LogP contribution is -1.98. The predicted molar refractivity (Wildman–Crippen MR) is 39.5 cm³/mol. The topological polar surface area (TPSA) is 38.9 Å². The number of nitrogens with two attached hydrogens (primary N) is 1. The molecule has 0 aliphatic rings. The highest BCUT2D eigenvalue weighted by molar-refractivity contribution is 7.05. The third-order valence-corrected chi connectivity index (χ3v) is 1.92. The molecule has 3 heteroatoms. The predicted octanol–water partition coefficient (Wildman–Crippen LogP) is 1.03. The van der Waals surface area contributed by atoms with Crippen LogP contribution < -0.4 is 5.73 Å². The molecule has 1 heterocycles. The summed E-state index contributed by atoms with van der Waals surface area (Å²) in [6.45, 7) is 0.776. The second-order valence-electron chi connectivity index (χ2n) is 1.87. The number of nitrogens with zero attached hydrogens (tertiary/aromatic N) is 1. The van der Waals surface area contributed by atoms with E-state index >= 15 is 0 Å². The molecule has 0 fully saturated rings. The lowest BCUT2D eigenvalue weighted by atomic mass is 10.3. The van der Waals surface area contributed by atoms with Crippen LogP contribution in [0.15, 0.2) is 12.3 Å². The minimum Gasteiger partial charge on any atom is -0.330 e. The van der Waals surface area contributed by atoms with Gasteiger partial charge in [-0.15, -0.1) is 0 Å². The summed E-state index contributed by atoms with van der Waals surface area (Å²) in [7, 11) is 0. The average Bonchev–Trinajstić information content (AvgIpc) is 2.34. The Bertz CT molecular complexity index is 148. The molecule has 0 aromatic carbocycles. The van der Waals surface area contributed by atoms with E-state index in [1.165, 1.54) is 4.88 Å². The minimum absolute atomic E-state index is 0.776. The van der Waals surface area contributed by atoms with Gasteiger partial charge >= 0.3 is 0 Å². The molecule has 0 aliphatic carbocycles. The van der Waals surface area contributed by atoms with Gasteiger partial charge in [-0.05, 0) is 37.0 Å². The summed E-state index contributed by atoms with van der Waals surface area (Å²) >= 11 is 1.56. The van der Waals surface area contributed by atoms with Crippen LogP contribution in [0.25, 0.3) is 0 Å². The second-order valence-corrected chi connectivity index (χ2v) is 2.79. The van der Waals surface area contributed by atoms with E-state index in [2.05, 4.69) is 4.37 Å². The van der Waals surface area contributed by atoms with Crippen molar-refractivity contribution in [3.8, 4) is 0 Å². The Hall–Kier alpha value is -0.410. The highest BCUT2D eigenvalue weighted by Crippen LogP contribution is 2.05. The van der Waals surface area contributed by atoms with Crippen LogP contribution in [0.4, 0.5) is 0 Å². The smallest absolute Gasteiger partial charge is 0.0409 e. The first-order valence-corrected chi connectivity index (χ1v) is 3.80. The molecule has 0 spiro atoms. The Morgan fingerprint density at radius 3 is 3.11 bits per heavy atom. The molecule has 2 N–H and O–H groups in total. The Balaban J connectivity index is 2.30. The number of hydrogen-bond donors (Lipinski definition) is 1. The van der Waals surface area contributed by atoms with Crippen LogP contribution in [-0.4, -0.2) is 10.9 Å². The SMILES string of the molecule is NCCCc1ccns1. The Morgan fingerprint density at radius 1 is 1.67 bits per heavy atom. The van der Waals surface area contributed by atoms with Crippen LogP contribution in [0, 0.1) is 0 Å². The maximum absolute atomic E-state index is 5.33. The minimum atomic E-state index is 0.776. The van der Waals surface area contributed by atoms with Crippen LogP contribution in [0.1, 0.15) is 11.3 Å². The molecule has 50 valence electrons. The Labute approximate surface area is 58.9 Å². The molecule has 2 nitrogen and oxygen atoms in total. The van der Waals surface area contributed by atoms with Crippen molar-refractivity contribution in [1.29, 1.82) is 0 Å². The lowest BCUT2D eigenvalue weighted by Gasteiger charge is -1.89. The number of hydrogen-bond acceptors (Lipinski definition) is 3. The average molecular weight is 142 g/mol. The van der Waals surface area contributed by atoms with Gasteiger partial charge in [0, 0.05) is 11.1 Å². The zero-order chi connectivity index (χ0) is 6.53. The van der Waals surface area contributed by atoms with Crippen LogP contribution in [0.5, 0.6) is 0 Å². The zero-order valence-corrected chi connectivity index (χ0v) is 6.03. The number of rotatable bonds is 3. The molecular weight excluding hydrogens is 132 g/mol. The molecule has 0 bridgehead atoms. The molecule has 9 heavy (non-hydrogen) atoms. The third kappa shape index (κ3) is 2.11. The molecule has 0 saturated heterocycles. The van der Waals surface area contributed by atoms with E-state index < -0.39 is 0 Å². The lowest BCUT2D eigenvalue weighted by molar-refractivity contribution is 0.843. The van der Waals surface area contributed by atoms with Gasteiger partial charge in [-0.3, -0.25) is 0 Å². The van der Waals surface area contributed by atoms with Crippen LogP contribution in [-0.2, 0) is 6.42 Å². The highest BCUT2D eigenvalue weighted by Gasteiger charge is 1.91. The van der Waals surface area contributed by atoms with E-state index in [0.717, 1.165) is 19.4 Å². The van der Waals surface area contributed by atoms with Gasteiger partial charge < -0.3 is 5.73 Å². The standard InChI is InChI=1S/C6H10N2S/c7-4-1-2-6-3-5-8-9-6/h3,5H,1-2,4,7H2. The Morgan fingerprint density at radius 2 is 2.56 bits per heavy atom. The van der Waals surface area contributed by atoms with Gasteiger partial charge in [-0.1, -0.05) is 0 Å². The molecule has 0 unspecified atom stereocenters. The van der Waals surface area contributed by atoms with Crippen molar-refractivity contribution in [1.82, 2.24) is 4.37 Å². The fourth-order valence-electron chi connectivity index (χ4n) is 0.647. The van der Waals surface area contributed by atoms with E-state index in [0.29, 0.717) is 0 Å². The van der Waals surface area contributed by atoms with Crippen molar-refractivity contribution in [3.63, 3.8) is 0 Å². The molecule has 0 radical (unpaired) electrons. The van der Waals surface area contributed by atoms with Crippen LogP contribution in [0.2, 0.25) is 0 Å². The molecule has 0 amide bonds. The summed E-state index contributed by atoms with van der Waals surface area (Å²) in [6.07, 6.45) is 3.99. The molecular formula is C6H10N2S. The quantitative estimate of drug-likeness (QED) is 0.684. The zero-order valence-electron chi connectivity index (χ0n) is 5.21. The largest absolute Gasteiger partial charge is 0.330 e. The maximum Gasteiger partial charge on any atom is 0.0409 e. The van der Waals surface area contributed by atoms with Gasteiger partial charge in [-0.2, -0.15) is 0 Å². The summed E-state index contributed by atoms with van der Waals surface area (Å²) < 4.78 is 3.98. The third-order valence-electron chi connectivity index (χ3n) is 1.12. The van der Waals surface area contributed by atoms with E-state index in [-0.39, 0.29) is 0 Å². The van der Waals surface area contributed by atoms with Gasteiger partial charge in [0.2, 0.25) is 0 Å². The van der Waals surface area contributed by atoms with Crippen molar-refractivity contribution in [2.45, 2.75) is 12.8 Å². The normalized spacial score (nSPS) is 9.89.